The Morgan fingerprint density at radius 1 is 1.50 bits per heavy atom. The maximum absolute atomic E-state index is 13.1. The van der Waals surface area contributed by atoms with Gasteiger partial charge in [0.15, 0.2) is 0 Å². The second kappa shape index (κ2) is 4.53. The van der Waals surface area contributed by atoms with E-state index in [0.29, 0.717) is 4.90 Å². The van der Waals surface area contributed by atoms with Crippen LogP contribution < -0.4 is 0 Å². The van der Waals surface area contributed by atoms with Crippen molar-refractivity contribution < 1.29 is 4.39 Å². The molecule has 0 atom stereocenters. The van der Waals surface area contributed by atoms with Gasteiger partial charge in [-0.2, -0.15) is 0 Å². The smallest absolute Gasteiger partial charge is 0.137 e. The quantitative estimate of drug-likeness (QED) is 0.655. The first-order valence-electron chi connectivity index (χ1n) is 3.42. The van der Waals surface area contributed by atoms with Gasteiger partial charge in [0.1, 0.15) is 5.82 Å². The predicted molar refractivity (Wildman–Crippen MR) is 52.0 cm³/mol. The maximum atomic E-state index is 13.1. The summed E-state index contributed by atoms with van der Waals surface area (Å²) < 4.78 is 13.1. The van der Waals surface area contributed by atoms with Gasteiger partial charge in [0.25, 0.3) is 0 Å². The van der Waals surface area contributed by atoms with Crippen molar-refractivity contribution >= 4 is 23.4 Å². The minimum atomic E-state index is -0.199. The largest absolute Gasteiger partial charge is 0.206 e. The van der Waals surface area contributed by atoms with Crippen LogP contribution in [-0.2, 0) is 0 Å². The second-order valence-electron chi connectivity index (χ2n) is 2.27. The SMILES string of the molecule is Cc1cccc(F)c1S/C=C/Cl. The fourth-order valence-corrected chi connectivity index (χ4v) is 1.64. The number of rotatable bonds is 2. The fraction of sp³-hybridized carbons (Fsp3) is 0.111. The Hall–Kier alpha value is -0.470. The Kier molecular flexibility index (Phi) is 3.63. The number of thioether (sulfide) groups is 1. The highest BCUT2D eigenvalue weighted by Gasteiger charge is 2.02. The number of hydrogen-bond donors (Lipinski definition) is 0. The van der Waals surface area contributed by atoms with Gasteiger partial charge in [-0.1, -0.05) is 35.5 Å². The molecule has 0 fully saturated rings. The highest BCUT2D eigenvalue weighted by molar-refractivity contribution is 8.02. The van der Waals surface area contributed by atoms with E-state index in [-0.39, 0.29) is 5.82 Å². The summed E-state index contributed by atoms with van der Waals surface area (Å²) in [4.78, 5) is 0.634. The first-order valence-corrected chi connectivity index (χ1v) is 4.74. The first-order chi connectivity index (χ1) is 5.75. The van der Waals surface area contributed by atoms with Crippen LogP contribution in [0, 0.1) is 12.7 Å². The summed E-state index contributed by atoms with van der Waals surface area (Å²) in [6.45, 7) is 1.87. The summed E-state index contributed by atoms with van der Waals surface area (Å²) >= 11 is 6.62. The number of benzene rings is 1. The lowest BCUT2D eigenvalue weighted by Crippen LogP contribution is -1.82. The molecule has 0 radical (unpaired) electrons. The lowest BCUT2D eigenvalue weighted by atomic mass is 10.2. The third-order valence-corrected chi connectivity index (χ3v) is 2.70. The maximum Gasteiger partial charge on any atom is 0.137 e. The normalized spacial score (nSPS) is 10.9. The van der Waals surface area contributed by atoms with Gasteiger partial charge in [0.2, 0.25) is 0 Å². The van der Waals surface area contributed by atoms with E-state index >= 15 is 0 Å². The highest BCUT2D eigenvalue weighted by Crippen LogP contribution is 2.26. The third-order valence-electron chi connectivity index (χ3n) is 1.40. The molecule has 3 heteroatoms. The molecule has 0 aliphatic rings. The minimum Gasteiger partial charge on any atom is -0.206 e. The molecule has 0 aromatic heterocycles. The standard InChI is InChI=1S/C9H8ClFS/c1-7-3-2-4-8(11)9(7)12-6-5-10/h2-6H,1H3/b6-5+. The minimum absolute atomic E-state index is 0.199. The average Bonchev–Trinajstić information content (AvgIpc) is 2.04. The molecule has 0 heterocycles. The van der Waals surface area contributed by atoms with E-state index in [1.54, 1.807) is 11.5 Å². The summed E-state index contributed by atoms with van der Waals surface area (Å²) in [6.07, 6.45) is 0. The van der Waals surface area contributed by atoms with Crippen LogP contribution in [0.2, 0.25) is 0 Å². The molecule has 0 bridgehead atoms. The summed E-state index contributed by atoms with van der Waals surface area (Å²) in [5, 5.41) is 1.65. The Bertz CT molecular complexity index is 276. The highest BCUT2D eigenvalue weighted by atomic mass is 35.5. The van der Waals surface area contributed by atoms with Crippen LogP contribution in [0.4, 0.5) is 4.39 Å². The van der Waals surface area contributed by atoms with Gasteiger partial charge < -0.3 is 0 Å². The van der Waals surface area contributed by atoms with Crippen molar-refractivity contribution in [1.29, 1.82) is 0 Å². The lowest BCUT2D eigenvalue weighted by Gasteiger charge is -2.01. The van der Waals surface area contributed by atoms with E-state index < -0.39 is 0 Å². The molecule has 64 valence electrons. The van der Waals surface area contributed by atoms with Crippen molar-refractivity contribution in [2.24, 2.45) is 0 Å². The number of hydrogen-bond acceptors (Lipinski definition) is 1. The van der Waals surface area contributed by atoms with Crippen molar-refractivity contribution in [1.82, 2.24) is 0 Å². The van der Waals surface area contributed by atoms with Gasteiger partial charge in [-0.25, -0.2) is 4.39 Å². The van der Waals surface area contributed by atoms with Crippen LogP contribution in [0.5, 0.6) is 0 Å². The topological polar surface area (TPSA) is 0 Å². The van der Waals surface area contributed by atoms with Gasteiger partial charge in [-0.15, -0.1) is 0 Å². The molecule has 12 heavy (non-hydrogen) atoms. The fourth-order valence-electron chi connectivity index (χ4n) is 0.860. The zero-order valence-electron chi connectivity index (χ0n) is 6.55. The van der Waals surface area contributed by atoms with E-state index in [1.165, 1.54) is 23.4 Å². The molecular weight excluding hydrogens is 195 g/mol. The molecule has 0 saturated carbocycles. The molecule has 0 amide bonds. The summed E-state index contributed by atoms with van der Waals surface area (Å²) in [5.41, 5.74) is 2.30. The van der Waals surface area contributed by atoms with Crippen molar-refractivity contribution in [3.05, 3.63) is 40.5 Å². The molecule has 0 nitrogen and oxygen atoms in total. The Labute approximate surface area is 80.4 Å². The lowest BCUT2D eigenvalue weighted by molar-refractivity contribution is 0.600. The average molecular weight is 203 g/mol. The molecule has 1 aromatic carbocycles. The Morgan fingerprint density at radius 2 is 2.25 bits per heavy atom. The van der Waals surface area contributed by atoms with Crippen molar-refractivity contribution in [3.63, 3.8) is 0 Å². The third kappa shape index (κ3) is 2.26. The van der Waals surface area contributed by atoms with Gasteiger partial charge in [0.05, 0.1) is 4.90 Å². The van der Waals surface area contributed by atoms with Crippen LogP contribution in [0.3, 0.4) is 0 Å². The van der Waals surface area contributed by atoms with Crippen molar-refractivity contribution in [2.45, 2.75) is 11.8 Å². The molecule has 0 saturated heterocycles. The molecule has 0 unspecified atom stereocenters. The van der Waals surface area contributed by atoms with E-state index in [9.17, 15) is 4.39 Å². The number of halogens is 2. The van der Waals surface area contributed by atoms with E-state index in [4.69, 9.17) is 11.6 Å². The van der Waals surface area contributed by atoms with Crippen LogP contribution in [0.25, 0.3) is 0 Å². The van der Waals surface area contributed by atoms with Crippen LogP contribution in [0.15, 0.2) is 34.0 Å². The zero-order valence-corrected chi connectivity index (χ0v) is 8.12. The monoisotopic (exact) mass is 202 g/mol. The predicted octanol–water partition coefficient (Wildman–Crippen LogP) is 3.94. The molecule has 1 aromatic rings. The van der Waals surface area contributed by atoms with Gasteiger partial charge >= 0.3 is 0 Å². The molecule has 1 rings (SSSR count). The number of aryl methyl sites for hydroxylation is 1. The summed E-state index contributed by atoms with van der Waals surface area (Å²) in [7, 11) is 0. The van der Waals surface area contributed by atoms with Crippen LogP contribution in [-0.4, -0.2) is 0 Å². The van der Waals surface area contributed by atoms with E-state index in [0.717, 1.165) is 5.56 Å². The Balaban J connectivity index is 2.96. The van der Waals surface area contributed by atoms with Crippen LogP contribution >= 0.6 is 23.4 Å². The summed E-state index contributed by atoms with van der Waals surface area (Å²) in [6, 6.07) is 5.00. The molecule has 0 N–H and O–H groups in total. The molecule has 0 aliphatic carbocycles. The molecule has 0 aliphatic heterocycles. The van der Waals surface area contributed by atoms with Gasteiger partial charge in [0, 0.05) is 5.54 Å². The first kappa shape index (κ1) is 9.62. The molecular formula is C9H8ClFS. The van der Waals surface area contributed by atoms with E-state index in [2.05, 4.69) is 0 Å². The summed E-state index contributed by atoms with van der Waals surface area (Å²) in [5.74, 6) is -0.199. The van der Waals surface area contributed by atoms with Gasteiger partial charge in [-0.3, -0.25) is 0 Å². The van der Waals surface area contributed by atoms with Crippen molar-refractivity contribution in [3.8, 4) is 0 Å². The van der Waals surface area contributed by atoms with Crippen LogP contribution in [0.1, 0.15) is 5.56 Å². The second-order valence-corrected chi connectivity index (χ2v) is 3.43. The van der Waals surface area contributed by atoms with Gasteiger partial charge in [-0.05, 0) is 24.0 Å². The molecule has 0 spiro atoms. The Morgan fingerprint density at radius 3 is 2.83 bits per heavy atom. The van der Waals surface area contributed by atoms with E-state index in [1.807, 2.05) is 13.0 Å². The zero-order chi connectivity index (χ0) is 8.97. The van der Waals surface area contributed by atoms with Crippen molar-refractivity contribution in [2.75, 3.05) is 0 Å².